The van der Waals surface area contributed by atoms with Gasteiger partial charge in [0.2, 0.25) is 0 Å². The first-order valence-corrected chi connectivity index (χ1v) is 6.22. The number of rotatable bonds is 4. The minimum absolute atomic E-state index is 0.297. The maximum Gasteiger partial charge on any atom is 0.416 e. The molecular formula is C14H15F3N2O. The molecular weight excluding hydrogens is 269 g/mol. The lowest BCUT2D eigenvalue weighted by Gasteiger charge is -2.08. The van der Waals surface area contributed by atoms with Crippen LogP contribution in [0.2, 0.25) is 0 Å². The normalized spacial score (nSPS) is 12.1. The number of hydrogen-bond acceptors (Lipinski definition) is 3. The van der Waals surface area contributed by atoms with Crippen LogP contribution in [-0.4, -0.2) is 11.2 Å². The minimum Gasteiger partial charge on any atom is -0.356 e. The van der Waals surface area contributed by atoms with E-state index in [-0.39, 0.29) is 0 Å². The summed E-state index contributed by atoms with van der Waals surface area (Å²) in [6.07, 6.45) is -2.76. The van der Waals surface area contributed by atoms with E-state index >= 15 is 0 Å². The van der Waals surface area contributed by atoms with Gasteiger partial charge in [-0.05, 0) is 12.1 Å². The Morgan fingerprint density at radius 1 is 1.20 bits per heavy atom. The number of halogens is 3. The van der Waals surface area contributed by atoms with Crippen molar-refractivity contribution in [3.8, 4) is 11.3 Å². The van der Waals surface area contributed by atoms with Gasteiger partial charge in [-0.1, -0.05) is 31.1 Å². The van der Waals surface area contributed by atoms with Crippen molar-refractivity contribution in [2.45, 2.75) is 32.6 Å². The highest BCUT2D eigenvalue weighted by molar-refractivity contribution is 5.61. The van der Waals surface area contributed by atoms with Crippen molar-refractivity contribution < 1.29 is 17.7 Å². The molecule has 20 heavy (non-hydrogen) atoms. The van der Waals surface area contributed by atoms with Gasteiger partial charge in [0.25, 0.3) is 0 Å². The predicted octanol–water partition coefficient (Wildman–Crippen LogP) is 3.86. The summed E-state index contributed by atoms with van der Waals surface area (Å²) >= 11 is 0. The Labute approximate surface area is 114 Å². The van der Waals surface area contributed by atoms with Crippen LogP contribution in [0.3, 0.4) is 0 Å². The van der Waals surface area contributed by atoms with Crippen LogP contribution in [0, 0.1) is 0 Å². The number of hydrogen-bond donors (Lipinski definition) is 1. The van der Waals surface area contributed by atoms with Crippen LogP contribution in [0.15, 0.2) is 35.0 Å². The van der Waals surface area contributed by atoms with Gasteiger partial charge in [-0.3, -0.25) is 0 Å². The fourth-order valence-electron chi connectivity index (χ4n) is 1.75. The van der Waals surface area contributed by atoms with E-state index in [1.54, 1.807) is 6.20 Å². The standard InChI is InChI=1S/C14H15F3N2O/c1-9(2)18-7-11-8-19-20-13(11)10-3-5-12(6-4-10)14(15,16)17/h3-6,8-9,18H,7H2,1-2H3. The van der Waals surface area contributed by atoms with Gasteiger partial charge in [-0.2, -0.15) is 13.2 Å². The summed E-state index contributed by atoms with van der Waals surface area (Å²) in [4.78, 5) is 0. The highest BCUT2D eigenvalue weighted by atomic mass is 19.4. The fourth-order valence-corrected chi connectivity index (χ4v) is 1.75. The summed E-state index contributed by atoms with van der Waals surface area (Å²) in [5.41, 5.74) is 0.720. The largest absolute Gasteiger partial charge is 0.416 e. The van der Waals surface area contributed by atoms with Gasteiger partial charge in [-0.15, -0.1) is 0 Å². The molecule has 0 saturated carbocycles. The van der Waals surface area contributed by atoms with E-state index < -0.39 is 11.7 Å². The van der Waals surface area contributed by atoms with Crippen molar-refractivity contribution in [1.82, 2.24) is 10.5 Å². The molecule has 2 rings (SSSR count). The van der Waals surface area contributed by atoms with E-state index in [2.05, 4.69) is 10.5 Å². The number of alkyl halides is 3. The summed E-state index contributed by atoms with van der Waals surface area (Å²) in [6, 6.07) is 5.16. The molecule has 0 bridgehead atoms. The van der Waals surface area contributed by atoms with Gasteiger partial charge in [0, 0.05) is 23.7 Å². The SMILES string of the molecule is CC(C)NCc1cnoc1-c1ccc(C(F)(F)F)cc1. The van der Waals surface area contributed by atoms with Crippen LogP contribution < -0.4 is 5.32 Å². The zero-order valence-corrected chi connectivity index (χ0v) is 11.2. The number of nitrogens with one attached hydrogen (secondary N) is 1. The topological polar surface area (TPSA) is 38.1 Å². The molecule has 0 unspecified atom stereocenters. The summed E-state index contributed by atoms with van der Waals surface area (Å²) < 4.78 is 42.7. The molecule has 6 heteroatoms. The Kier molecular flexibility index (Phi) is 4.13. The second-order valence-corrected chi connectivity index (χ2v) is 4.79. The maximum absolute atomic E-state index is 12.5. The van der Waals surface area contributed by atoms with E-state index in [1.807, 2.05) is 13.8 Å². The molecule has 0 aliphatic carbocycles. The third kappa shape index (κ3) is 3.39. The molecule has 0 aliphatic rings. The Hall–Kier alpha value is -1.82. The molecule has 1 aromatic carbocycles. The Bertz CT molecular complexity index is 559. The molecule has 1 heterocycles. The molecule has 2 aromatic rings. The molecule has 0 radical (unpaired) electrons. The molecule has 3 nitrogen and oxygen atoms in total. The van der Waals surface area contributed by atoms with Crippen LogP contribution in [0.5, 0.6) is 0 Å². The van der Waals surface area contributed by atoms with E-state index in [9.17, 15) is 13.2 Å². The van der Waals surface area contributed by atoms with Crippen molar-refractivity contribution in [3.63, 3.8) is 0 Å². The second-order valence-electron chi connectivity index (χ2n) is 4.79. The average Bonchev–Trinajstić information content (AvgIpc) is 2.83. The van der Waals surface area contributed by atoms with E-state index in [4.69, 9.17) is 4.52 Å². The molecule has 0 spiro atoms. The second kappa shape index (κ2) is 5.66. The molecule has 0 fully saturated rings. The lowest BCUT2D eigenvalue weighted by Crippen LogP contribution is -2.21. The third-order valence-electron chi connectivity index (χ3n) is 2.82. The lowest BCUT2D eigenvalue weighted by molar-refractivity contribution is -0.137. The van der Waals surface area contributed by atoms with Crippen molar-refractivity contribution >= 4 is 0 Å². The van der Waals surface area contributed by atoms with Gasteiger partial charge in [0.05, 0.1) is 11.8 Å². The number of benzene rings is 1. The van der Waals surface area contributed by atoms with Crippen LogP contribution in [0.4, 0.5) is 13.2 Å². The first-order valence-electron chi connectivity index (χ1n) is 6.22. The summed E-state index contributed by atoms with van der Waals surface area (Å²) in [6.45, 7) is 4.56. The summed E-state index contributed by atoms with van der Waals surface area (Å²) in [7, 11) is 0. The molecule has 108 valence electrons. The van der Waals surface area contributed by atoms with E-state index in [0.29, 0.717) is 23.9 Å². The maximum atomic E-state index is 12.5. The van der Waals surface area contributed by atoms with Crippen molar-refractivity contribution in [2.75, 3.05) is 0 Å². The van der Waals surface area contributed by atoms with E-state index in [0.717, 1.165) is 17.7 Å². The molecule has 0 amide bonds. The quantitative estimate of drug-likeness (QED) is 0.926. The smallest absolute Gasteiger partial charge is 0.356 e. The molecule has 1 N–H and O–H groups in total. The van der Waals surface area contributed by atoms with Gasteiger partial charge in [-0.25, -0.2) is 0 Å². The molecule has 1 aromatic heterocycles. The van der Waals surface area contributed by atoms with Gasteiger partial charge < -0.3 is 9.84 Å². The fraction of sp³-hybridized carbons (Fsp3) is 0.357. The first-order chi connectivity index (χ1) is 9.38. The van der Waals surface area contributed by atoms with Crippen LogP contribution in [0.1, 0.15) is 25.0 Å². The van der Waals surface area contributed by atoms with E-state index in [1.165, 1.54) is 12.1 Å². The Balaban J connectivity index is 2.22. The lowest BCUT2D eigenvalue weighted by atomic mass is 10.1. The number of nitrogens with zero attached hydrogens (tertiary/aromatic N) is 1. The highest BCUT2D eigenvalue weighted by Gasteiger charge is 2.30. The average molecular weight is 284 g/mol. The first kappa shape index (κ1) is 14.6. The number of aromatic nitrogens is 1. The minimum atomic E-state index is -4.33. The third-order valence-corrected chi connectivity index (χ3v) is 2.82. The van der Waals surface area contributed by atoms with Gasteiger partial charge in [0.1, 0.15) is 0 Å². The van der Waals surface area contributed by atoms with Crippen molar-refractivity contribution in [1.29, 1.82) is 0 Å². The molecule has 0 atom stereocenters. The zero-order valence-electron chi connectivity index (χ0n) is 11.2. The molecule has 0 saturated heterocycles. The summed E-state index contributed by atoms with van der Waals surface area (Å²) in [5.74, 6) is 0.492. The van der Waals surface area contributed by atoms with Crippen molar-refractivity contribution in [3.05, 3.63) is 41.6 Å². The van der Waals surface area contributed by atoms with Gasteiger partial charge >= 0.3 is 6.18 Å². The van der Waals surface area contributed by atoms with Crippen LogP contribution >= 0.6 is 0 Å². The Morgan fingerprint density at radius 3 is 2.40 bits per heavy atom. The summed E-state index contributed by atoms with van der Waals surface area (Å²) in [5, 5.41) is 6.92. The van der Waals surface area contributed by atoms with Gasteiger partial charge in [0.15, 0.2) is 5.76 Å². The highest BCUT2D eigenvalue weighted by Crippen LogP contribution is 2.31. The van der Waals surface area contributed by atoms with Crippen LogP contribution in [0.25, 0.3) is 11.3 Å². The Morgan fingerprint density at radius 2 is 1.85 bits per heavy atom. The zero-order chi connectivity index (χ0) is 14.8. The monoisotopic (exact) mass is 284 g/mol. The predicted molar refractivity (Wildman–Crippen MR) is 68.9 cm³/mol. The molecule has 0 aliphatic heterocycles. The van der Waals surface area contributed by atoms with Crippen molar-refractivity contribution in [2.24, 2.45) is 0 Å². The van der Waals surface area contributed by atoms with Crippen LogP contribution in [-0.2, 0) is 12.7 Å².